The summed E-state index contributed by atoms with van der Waals surface area (Å²) in [6.07, 6.45) is 0.184. The summed E-state index contributed by atoms with van der Waals surface area (Å²) in [6, 6.07) is 15.7. The highest BCUT2D eigenvalue weighted by atomic mass is 16.5. The zero-order valence-electron chi connectivity index (χ0n) is 12.3. The summed E-state index contributed by atoms with van der Waals surface area (Å²) in [7, 11) is 0. The fraction of sp³-hybridized carbons (Fsp3) is 0.333. The molecule has 2 aromatic rings. The Morgan fingerprint density at radius 1 is 0.900 bits per heavy atom. The Labute approximate surface area is 121 Å². The molecule has 20 heavy (non-hydrogen) atoms. The van der Waals surface area contributed by atoms with Crippen LogP contribution in [0.15, 0.2) is 48.5 Å². The van der Waals surface area contributed by atoms with E-state index >= 15 is 0 Å². The molecular weight excluding hydrogens is 248 g/mol. The van der Waals surface area contributed by atoms with Gasteiger partial charge in [-0.05, 0) is 30.0 Å². The maximum atomic E-state index is 10.1. The minimum Gasteiger partial charge on any atom is -0.457 e. The molecule has 0 saturated carbocycles. The first kappa shape index (κ1) is 14.6. The summed E-state index contributed by atoms with van der Waals surface area (Å²) in [5.74, 6) is 1.99. The van der Waals surface area contributed by atoms with Crippen LogP contribution in [0.25, 0.3) is 0 Å². The Morgan fingerprint density at radius 2 is 1.40 bits per heavy atom. The van der Waals surface area contributed by atoms with Crippen LogP contribution >= 0.6 is 0 Å². The summed E-state index contributed by atoms with van der Waals surface area (Å²) in [6.45, 7) is 6.26. The summed E-state index contributed by atoms with van der Waals surface area (Å²) >= 11 is 0. The molecule has 0 aliphatic heterocycles. The van der Waals surface area contributed by atoms with E-state index in [1.165, 1.54) is 5.56 Å². The van der Waals surface area contributed by atoms with E-state index in [0.29, 0.717) is 12.3 Å². The van der Waals surface area contributed by atoms with Gasteiger partial charge in [-0.1, -0.05) is 57.2 Å². The lowest BCUT2D eigenvalue weighted by molar-refractivity contribution is 0.170. The van der Waals surface area contributed by atoms with Crippen molar-refractivity contribution >= 4 is 0 Å². The number of aliphatic hydroxyl groups is 1. The first-order chi connectivity index (χ1) is 9.63. The molecule has 0 spiro atoms. The van der Waals surface area contributed by atoms with Crippen molar-refractivity contribution in [3.05, 3.63) is 59.7 Å². The standard InChI is InChI=1S/C18H22O2/c1-4-16(19)15-10-6-8-12-18(15)20-17-11-7-5-9-14(17)13(2)3/h5-13,16,19H,4H2,1-3H3/t16-/m0/s1. The Morgan fingerprint density at radius 3 is 1.95 bits per heavy atom. The van der Waals surface area contributed by atoms with Crippen LogP contribution in [0.5, 0.6) is 11.5 Å². The zero-order valence-corrected chi connectivity index (χ0v) is 12.3. The van der Waals surface area contributed by atoms with Crippen molar-refractivity contribution in [2.75, 3.05) is 0 Å². The molecule has 0 aliphatic carbocycles. The average molecular weight is 270 g/mol. The topological polar surface area (TPSA) is 29.5 Å². The van der Waals surface area contributed by atoms with Crippen LogP contribution in [-0.4, -0.2) is 5.11 Å². The highest BCUT2D eigenvalue weighted by Crippen LogP contribution is 2.34. The second-order valence-corrected chi connectivity index (χ2v) is 5.26. The predicted molar refractivity (Wildman–Crippen MR) is 82.3 cm³/mol. The molecule has 0 fully saturated rings. The third-order valence-electron chi connectivity index (χ3n) is 3.43. The van der Waals surface area contributed by atoms with Gasteiger partial charge < -0.3 is 9.84 Å². The summed E-state index contributed by atoms with van der Waals surface area (Å²) < 4.78 is 6.06. The van der Waals surface area contributed by atoms with Gasteiger partial charge in [-0.3, -0.25) is 0 Å². The average Bonchev–Trinajstić information content (AvgIpc) is 2.47. The number of hydrogen-bond acceptors (Lipinski definition) is 2. The van der Waals surface area contributed by atoms with Gasteiger partial charge in [0, 0.05) is 5.56 Å². The van der Waals surface area contributed by atoms with Crippen LogP contribution in [0.3, 0.4) is 0 Å². The summed E-state index contributed by atoms with van der Waals surface area (Å²) in [5.41, 5.74) is 2.02. The summed E-state index contributed by atoms with van der Waals surface area (Å²) in [5, 5.41) is 10.1. The highest BCUT2D eigenvalue weighted by Gasteiger charge is 2.14. The van der Waals surface area contributed by atoms with Crippen molar-refractivity contribution in [1.82, 2.24) is 0 Å². The van der Waals surface area contributed by atoms with E-state index in [1.54, 1.807) is 0 Å². The van der Waals surface area contributed by atoms with E-state index in [2.05, 4.69) is 19.9 Å². The van der Waals surface area contributed by atoms with Crippen molar-refractivity contribution in [3.63, 3.8) is 0 Å². The second kappa shape index (κ2) is 6.58. The Bertz CT molecular complexity index is 561. The second-order valence-electron chi connectivity index (χ2n) is 5.26. The fourth-order valence-electron chi connectivity index (χ4n) is 2.24. The maximum Gasteiger partial charge on any atom is 0.133 e. The molecule has 1 N–H and O–H groups in total. The monoisotopic (exact) mass is 270 g/mol. The predicted octanol–water partition coefficient (Wildman–Crippen LogP) is 5.05. The van der Waals surface area contributed by atoms with Crippen LogP contribution in [0.2, 0.25) is 0 Å². The molecule has 2 rings (SSSR count). The Balaban J connectivity index is 2.36. The van der Waals surface area contributed by atoms with Gasteiger partial charge in [-0.25, -0.2) is 0 Å². The number of para-hydroxylation sites is 2. The maximum absolute atomic E-state index is 10.1. The molecule has 0 saturated heterocycles. The minimum atomic E-state index is -0.489. The van der Waals surface area contributed by atoms with Crippen molar-refractivity contribution < 1.29 is 9.84 Å². The minimum absolute atomic E-state index is 0.398. The van der Waals surface area contributed by atoms with Gasteiger partial charge >= 0.3 is 0 Å². The van der Waals surface area contributed by atoms with Gasteiger partial charge in [0.15, 0.2) is 0 Å². The van der Waals surface area contributed by atoms with E-state index in [1.807, 2.05) is 49.4 Å². The van der Waals surface area contributed by atoms with Gasteiger partial charge in [0.25, 0.3) is 0 Å². The molecular formula is C18H22O2. The van der Waals surface area contributed by atoms with Crippen LogP contribution < -0.4 is 4.74 Å². The SMILES string of the molecule is CC[C@H](O)c1ccccc1Oc1ccccc1C(C)C. The van der Waals surface area contributed by atoms with Gasteiger partial charge in [0.2, 0.25) is 0 Å². The number of benzene rings is 2. The molecule has 0 aliphatic rings. The first-order valence-electron chi connectivity index (χ1n) is 7.17. The normalized spacial score (nSPS) is 12.4. The highest BCUT2D eigenvalue weighted by molar-refractivity contribution is 5.43. The molecule has 0 heterocycles. The molecule has 0 aromatic heterocycles. The first-order valence-corrected chi connectivity index (χ1v) is 7.17. The molecule has 0 amide bonds. The molecule has 0 radical (unpaired) electrons. The van der Waals surface area contributed by atoms with Crippen molar-refractivity contribution in [2.24, 2.45) is 0 Å². The number of aliphatic hydroxyl groups excluding tert-OH is 1. The number of rotatable bonds is 5. The molecule has 0 unspecified atom stereocenters. The Hall–Kier alpha value is -1.80. The van der Waals surface area contributed by atoms with E-state index in [0.717, 1.165) is 17.1 Å². The van der Waals surface area contributed by atoms with Gasteiger partial charge in [-0.15, -0.1) is 0 Å². The fourth-order valence-corrected chi connectivity index (χ4v) is 2.24. The molecule has 106 valence electrons. The lowest BCUT2D eigenvalue weighted by Crippen LogP contribution is -2.00. The third-order valence-corrected chi connectivity index (χ3v) is 3.43. The van der Waals surface area contributed by atoms with Crippen LogP contribution in [0.4, 0.5) is 0 Å². The van der Waals surface area contributed by atoms with Crippen LogP contribution in [0.1, 0.15) is 50.3 Å². The smallest absolute Gasteiger partial charge is 0.133 e. The van der Waals surface area contributed by atoms with Gasteiger partial charge in [0.1, 0.15) is 11.5 Å². The number of ether oxygens (including phenoxy) is 1. The van der Waals surface area contributed by atoms with E-state index < -0.39 is 6.10 Å². The molecule has 2 aromatic carbocycles. The number of hydrogen-bond donors (Lipinski definition) is 1. The largest absolute Gasteiger partial charge is 0.457 e. The van der Waals surface area contributed by atoms with E-state index in [9.17, 15) is 5.11 Å². The van der Waals surface area contributed by atoms with E-state index in [-0.39, 0.29) is 0 Å². The van der Waals surface area contributed by atoms with Crippen LogP contribution in [0, 0.1) is 0 Å². The summed E-state index contributed by atoms with van der Waals surface area (Å²) in [4.78, 5) is 0. The van der Waals surface area contributed by atoms with E-state index in [4.69, 9.17) is 4.74 Å². The third kappa shape index (κ3) is 3.20. The van der Waals surface area contributed by atoms with Gasteiger partial charge in [-0.2, -0.15) is 0 Å². The lowest BCUT2D eigenvalue weighted by atomic mass is 10.0. The lowest BCUT2D eigenvalue weighted by Gasteiger charge is -2.17. The Kier molecular flexibility index (Phi) is 4.80. The quantitative estimate of drug-likeness (QED) is 0.824. The van der Waals surface area contributed by atoms with Crippen molar-refractivity contribution in [2.45, 2.75) is 39.2 Å². The van der Waals surface area contributed by atoms with Crippen LogP contribution in [-0.2, 0) is 0 Å². The molecule has 2 heteroatoms. The van der Waals surface area contributed by atoms with Gasteiger partial charge in [0.05, 0.1) is 6.10 Å². The molecule has 0 bridgehead atoms. The van der Waals surface area contributed by atoms with Crippen molar-refractivity contribution in [3.8, 4) is 11.5 Å². The van der Waals surface area contributed by atoms with Crippen molar-refractivity contribution in [1.29, 1.82) is 0 Å². The molecule has 1 atom stereocenters. The molecule has 2 nitrogen and oxygen atoms in total. The zero-order chi connectivity index (χ0) is 14.5.